The predicted molar refractivity (Wildman–Crippen MR) is 83.2 cm³/mol. The van der Waals surface area contributed by atoms with E-state index in [4.69, 9.17) is 10.5 Å². The molecule has 0 radical (unpaired) electrons. The summed E-state index contributed by atoms with van der Waals surface area (Å²) in [4.78, 5) is 0. The van der Waals surface area contributed by atoms with Crippen LogP contribution in [0.5, 0.6) is 11.6 Å². The molecule has 0 saturated carbocycles. The van der Waals surface area contributed by atoms with Gasteiger partial charge in [0.15, 0.2) is 0 Å². The third-order valence-electron chi connectivity index (χ3n) is 3.34. The summed E-state index contributed by atoms with van der Waals surface area (Å²) in [6.45, 7) is 6.82. The fourth-order valence-corrected chi connectivity index (χ4v) is 2.42. The van der Waals surface area contributed by atoms with Crippen LogP contribution in [0.2, 0.25) is 0 Å². The number of nitrogens with two attached hydrogens (primary N) is 1. The lowest BCUT2D eigenvalue weighted by atomic mass is 9.88. The maximum absolute atomic E-state index is 10.1. The van der Waals surface area contributed by atoms with Gasteiger partial charge in [0.2, 0.25) is 5.88 Å². The van der Waals surface area contributed by atoms with E-state index in [9.17, 15) is 5.11 Å². The Bertz CT molecular complexity index is 627. The Kier molecular flexibility index (Phi) is 4.23. The lowest BCUT2D eigenvalue weighted by molar-refractivity contribution is 0.376. The highest BCUT2D eigenvalue weighted by Gasteiger charge is 2.28. The van der Waals surface area contributed by atoms with Crippen LogP contribution in [-0.4, -0.2) is 28.5 Å². The van der Waals surface area contributed by atoms with E-state index < -0.39 is 0 Å². The van der Waals surface area contributed by atoms with Gasteiger partial charge in [0.25, 0.3) is 0 Å². The van der Waals surface area contributed by atoms with Crippen molar-refractivity contribution in [1.29, 1.82) is 0 Å². The number of methoxy groups -OCH3 is 1. The summed E-state index contributed by atoms with van der Waals surface area (Å²) < 4.78 is 7.20. The number of aromatic hydroxyl groups is 1. The monoisotopic (exact) mass is 289 g/mol. The van der Waals surface area contributed by atoms with Crippen LogP contribution in [-0.2, 0) is 11.8 Å². The summed E-state index contributed by atoms with van der Waals surface area (Å²) in [6, 6.07) is 7.08. The number of nitrogens with zero attached hydrogens (tertiary/aromatic N) is 2. The van der Waals surface area contributed by atoms with Crippen LogP contribution < -0.4 is 10.5 Å². The zero-order chi connectivity index (χ0) is 15.6. The summed E-state index contributed by atoms with van der Waals surface area (Å²) in [7, 11) is 1.61. The topological polar surface area (TPSA) is 73.3 Å². The van der Waals surface area contributed by atoms with Crippen molar-refractivity contribution in [3.63, 3.8) is 0 Å². The van der Waals surface area contributed by atoms with E-state index in [-0.39, 0.29) is 11.2 Å². The van der Waals surface area contributed by atoms with E-state index in [1.165, 1.54) is 0 Å². The van der Waals surface area contributed by atoms with E-state index in [1.54, 1.807) is 23.9 Å². The fourth-order valence-electron chi connectivity index (χ4n) is 2.42. The molecule has 0 saturated heterocycles. The van der Waals surface area contributed by atoms with E-state index in [0.29, 0.717) is 24.5 Å². The predicted octanol–water partition coefficient (Wildman–Crippen LogP) is 2.39. The molecule has 0 aliphatic heterocycles. The first-order valence-corrected chi connectivity index (χ1v) is 7.05. The summed E-state index contributed by atoms with van der Waals surface area (Å²) in [6.07, 6.45) is 0.684. The van der Waals surface area contributed by atoms with E-state index >= 15 is 0 Å². The lowest BCUT2D eigenvalue weighted by Gasteiger charge is -2.17. The Labute approximate surface area is 125 Å². The molecule has 0 aliphatic rings. The molecule has 5 nitrogen and oxygen atoms in total. The van der Waals surface area contributed by atoms with Crippen LogP contribution in [0.25, 0.3) is 5.69 Å². The normalized spacial score (nSPS) is 11.7. The minimum Gasteiger partial charge on any atom is -0.506 e. The first kappa shape index (κ1) is 15.4. The van der Waals surface area contributed by atoms with Crippen LogP contribution in [0.15, 0.2) is 24.3 Å². The molecule has 114 valence electrons. The van der Waals surface area contributed by atoms with E-state index in [1.807, 2.05) is 12.1 Å². The van der Waals surface area contributed by atoms with Crippen LogP contribution in [0, 0.1) is 0 Å². The zero-order valence-electron chi connectivity index (χ0n) is 13.1. The number of phenolic OH excluding ortho intramolecular Hbond substituents is 1. The van der Waals surface area contributed by atoms with Gasteiger partial charge in [0.05, 0.1) is 12.8 Å². The SMILES string of the molecule is COc1c(CCN)c(C(C)(C)C)nn1-c1ccccc1O. The van der Waals surface area contributed by atoms with Gasteiger partial charge in [-0.05, 0) is 25.1 Å². The molecule has 5 heteroatoms. The second-order valence-corrected chi connectivity index (χ2v) is 6.03. The number of hydrogen-bond acceptors (Lipinski definition) is 4. The number of para-hydroxylation sites is 2. The molecule has 3 N–H and O–H groups in total. The Morgan fingerprint density at radius 2 is 1.95 bits per heavy atom. The van der Waals surface area contributed by atoms with Crippen molar-refractivity contribution in [3.05, 3.63) is 35.5 Å². The maximum Gasteiger partial charge on any atom is 0.220 e. The Balaban J connectivity index is 2.70. The molecule has 0 atom stereocenters. The number of aromatic nitrogens is 2. The molecule has 0 bridgehead atoms. The first-order chi connectivity index (χ1) is 9.90. The van der Waals surface area contributed by atoms with Gasteiger partial charge in [0.1, 0.15) is 11.4 Å². The van der Waals surface area contributed by atoms with Crippen LogP contribution in [0.3, 0.4) is 0 Å². The van der Waals surface area contributed by atoms with Crippen molar-refractivity contribution in [2.75, 3.05) is 13.7 Å². The van der Waals surface area contributed by atoms with Crippen molar-refractivity contribution < 1.29 is 9.84 Å². The van der Waals surface area contributed by atoms with E-state index in [2.05, 4.69) is 25.9 Å². The second kappa shape index (κ2) is 5.77. The summed E-state index contributed by atoms with van der Waals surface area (Å²) in [5, 5.41) is 14.8. The first-order valence-electron chi connectivity index (χ1n) is 7.05. The maximum atomic E-state index is 10.1. The van der Waals surface area contributed by atoms with Gasteiger partial charge in [-0.1, -0.05) is 32.9 Å². The summed E-state index contributed by atoms with van der Waals surface area (Å²) in [5.74, 6) is 0.796. The molecule has 1 heterocycles. The number of ether oxygens (including phenoxy) is 1. The van der Waals surface area contributed by atoms with E-state index in [0.717, 1.165) is 11.3 Å². The van der Waals surface area contributed by atoms with Crippen molar-refractivity contribution >= 4 is 0 Å². The van der Waals surface area contributed by atoms with Crippen molar-refractivity contribution in [3.8, 4) is 17.3 Å². The minimum atomic E-state index is -0.132. The van der Waals surface area contributed by atoms with Gasteiger partial charge >= 0.3 is 0 Å². The molecule has 2 rings (SSSR count). The molecule has 0 unspecified atom stereocenters. The average Bonchev–Trinajstić information content (AvgIpc) is 2.78. The smallest absolute Gasteiger partial charge is 0.220 e. The van der Waals surface area contributed by atoms with Crippen LogP contribution >= 0.6 is 0 Å². The molecule has 2 aromatic rings. The van der Waals surface area contributed by atoms with Gasteiger partial charge in [-0.25, -0.2) is 0 Å². The highest BCUT2D eigenvalue weighted by Crippen LogP contribution is 2.35. The quantitative estimate of drug-likeness (QED) is 0.906. The third-order valence-corrected chi connectivity index (χ3v) is 3.34. The van der Waals surface area contributed by atoms with Gasteiger partial charge in [-0.3, -0.25) is 0 Å². The number of benzene rings is 1. The van der Waals surface area contributed by atoms with Gasteiger partial charge in [0, 0.05) is 11.0 Å². The molecule has 1 aromatic carbocycles. The van der Waals surface area contributed by atoms with Gasteiger partial charge < -0.3 is 15.6 Å². The van der Waals surface area contributed by atoms with Crippen molar-refractivity contribution in [1.82, 2.24) is 9.78 Å². The molecular weight excluding hydrogens is 266 g/mol. The Hall–Kier alpha value is -2.01. The average molecular weight is 289 g/mol. The molecular formula is C16H23N3O2. The fraction of sp³-hybridized carbons (Fsp3) is 0.438. The largest absolute Gasteiger partial charge is 0.506 e. The Morgan fingerprint density at radius 3 is 2.48 bits per heavy atom. The highest BCUT2D eigenvalue weighted by molar-refractivity contribution is 5.50. The molecule has 21 heavy (non-hydrogen) atoms. The summed E-state index contributed by atoms with van der Waals surface area (Å²) in [5.41, 5.74) is 8.13. The van der Waals surface area contributed by atoms with Crippen molar-refractivity contribution in [2.24, 2.45) is 5.73 Å². The molecule has 0 amide bonds. The number of rotatable bonds is 4. The minimum absolute atomic E-state index is 0.132. The second-order valence-electron chi connectivity index (χ2n) is 6.03. The van der Waals surface area contributed by atoms with Crippen molar-refractivity contribution in [2.45, 2.75) is 32.6 Å². The van der Waals surface area contributed by atoms with Crippen LogP contribution in [0.4, 0.5) is 0 Å². The Morgan fingerprint density at radius 1 is 1.29 bits per heavy atom. The lowest BCUT2D eigenvalue weighted by Crippen LogP contribution is -2.16. The molecule has 0 fully saturated rings. The number of hydrogen-bond donors (Lipinski definition) is 2. The third kappa shape index (κ3) is 2.88. The highest BCUT2D eigenvalue weighted by atomic mass is 16.5. The molecule has 0 aliphatic carbocycles. The molecule has 0 spiro atoms. The zero-order valence-corrected chi connectivity index (χ0v) is 13.1. The van der Waals surface area contributed by atoms with Gasteiger partial charge in [-0.2, -0.15) is 9.78 Å². The van der Waals surface area contributed by atoms with Gasteiger partial charge in [-0.15, -0.1) is 0 Å². The molecule has 1 aromatic heterocycles. The number of phenols is 1. The van der Waals surface area contributed by atoms with Crippen LogP contribution in [0.1, 0.15) is 32.0 Å². The standard InChI is InChI=1S/C16H23N3O2/c1-16(2,3)14-11(9-10-17)15(21-4)19(18-14)12-7-5-6-8-13(12)20/h5-8,20H,9-10,17H2,1-4H3. The summed E-state index contributed by atoms with van der Waals surface area (Å²) >= 11 is 0.